The summed E-state index contributed by atoms with van der Waals surface area (Å²) in [6.07, 6.45) is 6.24. The molecule has 1 amide bonds. The second-order valence-electron chi connectivity index (χ2n) is 7.09. The number of aromatic nitrogens is 2. The topological polar surface area (TPSA) is 70.1 Å². The summed E-state index contributed by atoms with van der Waals surface area (Å²) in [6, 6.07) is 6.12. The summed E-state index contributed by atoms with van der Waals surface area (Å²) >= 11 is 0. The van der Waals surface area contributed by atoms with Crippen LogP contribution < -0.4 is 5.32 Å². The number of dihydropyridines is 1. The Morgan fingerprint density at radius 3 is 2.79 bits per heavy atom. The summed E-state index contributed by atoms with van der Waals surface area (Å²) in [4.78, 5) is 17.1. The number of rotatable bonds is 3. The van der Waals surface area contributed by atoms with Gasteiger partial charge < -0.3 is 5.32 Å². The number of H-pyrrole nitrogens is 1. The van der Waals surface area contributed by atoms with Crippen molar-refractivity contribution in [2.24, 2.45) is 10.4 Å². The molecule has 0 radical (unpaired) electrons. The van der Waals surface area contributed by atoms with Crippen LogP contribution in [0.25, 0.3) is 0 Å². The van der Waals surface area contributed by atoms with E-state index in [2.05, 4.69) is 20.5 Å². The number of carbonyl (C=O) groups excluding carboxylic acids is 1. The lowest BCUT2D eigenvalue weighted by atomic mass is 9.75. The number of halogens is 3. The number of carbonyl (C=O) groups is 1. The fourth-order valence-corrected chi connectivity index (χ4v) is 3.39. The van der Waals surface area contributed by atoms with Crippen molar-refractivity contribution in [2.75, 3.05) is 0 Å². The molecule has 2 aromatic rings. The average molecular weight is 398 g/mol. The number of alkyl halides is 3. The third-order valence-electron chi connectivity index (χ3n) is 4.96. The second kappa shape index (κ2) is 6.88. The molecule has 2 aliphatic rings. The predicted molar refractivity (Wildman–Crippen MR) is 102 cm³/mol. The van der Waals surface area contributed by atoms with Crippen LogP contribution in [0.15, 0.2) is 77.6 Å². The van der Waals surface area contributed by atoms with Crippen LogP contribution >= 0.6 is 0 Å². The van der Waals surface area contributed by atoms with Gasteiger partial charge in [-0.2, -0.15) is 18.3 Å². The zero-order valence-corrected chi connectivity index (χ0v) is 15.4. The monoisotopic (exact) mass is 398 g/mol. The molecule has 0 saturated carbocycles. The molecule has 0 bridgehead atoms. The lowest BCUT2D eigenvalue weighted by molar-refractivity contribution is -0.137. The van der Waals surface area contributed by atoms with Gasteiger partial charge in [-0.25, -0.2) is 0 Å². The van der Waals surface area contributed by atoms with Crippen molar-refractivity contribution in [3.8, 4) is 0 Å². The summed E-state index contributed by atoms with van der Waals surface area (Å²) < 4.78 is 39.2. The largest absolute Gasteiger partial charge is 0.416 e. The Labute approximate surface area is 164 Å². The molecule has 148 valence electrons. The molecule has 2 heterocycles. The van der Waals surface area contributed by atoms with Crippen molar-refractivity contribution in [1.29, 1.82) is 0 Å². The van der Waals surface area contributed by atoms with Crippen LogP contribution in [0.1, 0.15) is 28.5 Å². The minimum absolute atomic E-state index is 0.232. The van der Waals surface area contributed by atoms with Crippen LogP contribution in [0.4, 0.5) is 13.2 Å². The van der Waals surface area contributed by atoms with Crippen LogP contribution in [0, 0.1) is 5.41 Å². The molecule has 2 unspecified atom stereocenters. The summed E-state index contributed by atoms with van der Waals surface area (Å²) in [6.45, 7) is 1.95. The maximum atomic E-state index is 13.1. The Morgan fingerprint density at radius 1 is 1.24 bits per heavy atom. The smallest absolute Gasteiger partial charge is 0.322 e. The Morgan fingerprint density at radius 2 is 2.07 bits per heavy atom. The normalized spacial score (nSPS) is 23.2. The highest BCUT2D eigenvalue weighted by molar-refractivity contribution is 6.09. The minimum atomic E-state index is -4.43. The first kappa shape index (κ1) is 18.9. The molecular formula is C21H17F3N4O. The highest BCUT2D eigenvalue weighted by atomic mass is 19.4. The SMILES string of the molecule is CC12C=CC=C(NC(=O)c3cc[nH]n3)C1N=C(c1cccc(C(F)(F)F)c1)C=C2. The number of amides is 1. The van der Waals surface area contributed by atoms with Crippen LogP contribution in [-0.2, 0) is 6.18 Å². The third kappa shape index (κ3) is 3.65. The van der Waals surface area contributed by atoms with E-state index < -0.39 is 23.2 Å². The van der Waals surface area contributed by atoms with E-state index in [9.17, 15) is 18.0 Å². The van der Waals surface area contributed by atoms with Crippen molar-refractivity contribution < 1.29 is 18.0 Å². The fourth-order valence-electron chi connectivity index (χ4n) is 3.39. The first-order chi connectivity index (χ1) is 13.8. The molecule has 1 aliphatic heterocycles. The number of nitrogens with zero attached hydrogens (tertiary/aromatic N) is 2. The Hall–Kier alpha value is -3.42. The number of hydrogen-bond donors (Lipinski definition) is 2. The maximum Gasteiger partial charge on any atom is 0.416 e. The third-order valence-corrected chi connectivity index (χ3v) is 4.96. The number of nitrogens with one attached hydrogen (secondary N) is 2. The van der Waals surface area contributed by atoms with E-state index in [-0.39, 0.29) is 11.6 Å². The van der Waals surface area contributed by atoms with Gasteiger partial charge in [0.1, 0.15) is 11.7 Å². The standard InChI is InChI=1S/C21H17F3N4O/c1-20-9-3-6-16(27-19(29)17-8-11-25-28-17)18(20)26-15(7-10-20)13-4-2-5-14(12-13)21(22,23)24/h2-12,18H,1H3,(H,25,28)(H,27,29). The van der Waals surface area contributed by atoms with Gasteiger partial charge in [-0.3, -0.25) is 14.9 Å². The van der Waals surface area contributed by atoms with Gasteiger partial charge >= 0.3 is 6.18 Å². The Kier molecular flexibility index (Phi) is 4.49. The van der Waals surface area contributed by atoms with Gasteiger partial charge in [0.05, 0.1) is 11.3 Å². The second-order valence-corrected chi connectivity index (χ2v) is 7.09. The average Bonchev–Trinajstić information content (AvgIpc) is 3.22. The van der Waals surface area contributed by atoms with E-state index in [0.717, 1.165) is 12.1 Å². The first-order valence-corrected chi connectivity index (χ1v) is 8.91. The minimum Gasteiger partial charge on any atom is -0.322 e. The Balaban J connectivity index is 1.66. The summed E-state index contributed by atoms with van der Waals surface area (Å²) in [7, 11) is 0. The van der Waals surface area contributed by atoms with Crippen LogP contribution in [0.3, 0.4) is 0 Å². The molecule has 1 aromatic heterocycles. The molecule has 8 heteroatoms. The molecule has 1 aromatic carbocycles. The van der Waals surface area contributed by atoms with Crippen molar-refractivity contribution in [3.63, 3.8) is 0 Å². The number of fused-ring (bicyclic) bond motifs is 1. The fraction of sp³-hybridized carbons (Fsp3) is 0.190. The zero-order valence-electron chi connectivity index (χ0n) is 15.4. The van der Waals surface area contributed by atoms with Gasteiger partial charge in [0, 0.05) is 22.9 Å². The molecule has 2 atom stereocenters. The highest BCUT2D eigenvalue weighted by Crippen LogP contribution is 2.38. The first-order valence-electron chi connectivity index (χ1n) is 8.91. The van der Waals surface area contributed by atoms with Gasteiger partial charge in [0.15, 0.2) is 0 Å². The lowest BCUT2D eigenvalue weighted by Gasteiger charge is -2.36. The van der Waals surface area contributed by atoms with Crippen molar-refractivity contribution in [1.82, 2.24) is 15.5 Å². The van der Waals surface area contributed by atoms with E-state index >= 15 is 0 Å². The molecule has 5 nitrogen and oxygen atoms in total. The molecule has 1 aliphatic carbocycles. The van der Waals surface area contributed by atoms with Crippen LogP contribution in [0.5, 0.6) is 0 Å². The van der Waals surface area contributed by atoms with Crippen molar-refractivity contribution in [3.05, 3.63) is 89.4 Å². The van der Waals surface area contributed by atoms with Crippen molar-refractivity contribution >= 4 is 11.6 Å². The lowest BCUT2D eigenvalue weighted by Crippen LogP contribution is -2.41. The van der Waals surface area contributed by atoms with E-state index in [1.54, 1.807) is 30.5 Å². The number of aromatic amines is 1. The van der Waals surface area contributed by atoms with E-state index in [4.69, 9.17) is 0 Å². The summed E-state index contributed by atoms with van der Waals surface area (Å²) in [5.41, 5.74) is 0.339. The maximum absolute atomic E-state index is 13.1. The van der Waals surface area contributed by atoms with E-state index in [1.165, 1.54) is 6.07 Å². The molecule has 4 rings (SSSR count). The van der Waals surface area contributed by atoms with Crippen LogP contribution in [-0.4, -0.2) is 27.9 Å². The molecule has 2 N–H and O–H groups in total. The number of allylic oxidation sites excluding steroid dienone is 3. The van der Waals surface area contributed by atoms with E-state index in [1.807, 2.05) is 25.2 Å². The number of hydrogen-bond acceptors (Lipinski definition) is 3. The predicted octanol–water partition coefficient (Wildman–Crippen LogP) is 4.05. The molecule has 29 heavy (non-hydrogen) atoms. The molecule has 0 fully saturated rings. The summed E-state index contributed by atoms with van der Waals surface area (Å²) in [5.74, 6) is -0.388. The number of benzene rings is 1. The van der Waals surface area contributed by atoms with Crippen molar-refractivity contribution in [2.45, 2.75) is 19.1 Å². The highest BCUT2D eigenvalue weighted by Gasteiger charge is 2.38. The quantitative estimate of drug-likeness (QED) is 0.819. The van der Waals surface area contributed by atoms with Gasteiger partial charge in [-0.1, -0.05) is 37.3 Å². The molecular weight excluding hydrogens is 381 g/mol. The number of aliphatic imine (C=N–C) groups is 1. The summed E-state index contributed by atoms with van der Waals surface area (Å²) in [5, 5.41) is 9.26. The Bertz CT molecular complexity index is 1060. The van der Waals surface area contributed by atoms with Gasteiger partial charge in [0.25, 0.3) is 5.91 Å². The zero-order chi connectivity index (χ0) is 20.6. The van der Waals surface area contributed by atoms with E-state index in [0.29, 0.717) is 17.0 Å². The molecule has 0 saturated heterocycles. The van der Waals surface area contributed by atoms with Gasteiger partial charge in [-0.15, -0.1) is 0 Å². The van der Waals surface area contributed by atoms with Gasteiger partial charge in [0.2, 0.25) is 0 Å². The molecule has 0 spiro atoms. The van der Waals surface area contributed by atoms with Crippen LogP contribution in [0.2, 0.25) is 0 Å². The van der Waals surface area contributed by atoms with Gasteiger partial charge in [-0.05, 0) is 30.4 Å².